The number of hydrogen-bond donors (Lipinski definition) is 2. The van der Waals surface area contributed by atoms with Crippen molar-refractivity contribution in [3.63, 3.8) is 0 Å². The monoisotopic (exact) mass is 256 g/mol. The van der Waals surface area contributed by atoms with E-state index < -0.39 is 0 Å². The lowest BCUT2D eigenvalue weighted by atomic mass is 10.0. The van der Waals surface area contributed by atoms with Gasteiger partial charge in [0.25, 0.3) is 0 Å². The summed E-state index contributed by atoms with van der Waals surface area (Å²) in [4.78, 5) is 8.14. The zero-order valence-corrected chi connectivity index (χ0v) is 11.6. The average molecular weight is 256 g/mol. The number of nitrogens with one attached hydrogen (secondary N) is 1. The van der Waals surface area contributed by atoms with Crippen molar-refractivity contribution in [2.45, 2.75) is 33.2 Å². The van der Waals surface area contributed by atoms with Crippen molar-refractivity contribution >= 4 is 11.8 Å². The van der Waals surface area contributed by atoms with Gasteiger partial charge in [-0.3, -0.25) is 0 Å². The first-order valence-corrected chi connectivity index (χ1v) is 6.48. The Balaban J connectivity index is 2.04. The highest BCUT2D eigenvalue weighted by Gasteiger charge is 2.02. The molecule has 3 N–H and O–H groups in total. The summed E-state index contributed by atoms with van der Waals surface area (Å²) in [6, 6.07) is 8.62. The van der Waals surface area contributed by atoms with E-state index in [1.54, 1.807) is 6.20 Å². The second kappa shape index (κ2) is 5.69. The Bertz CT molecular complexity index is 547. The first kappa shape index (κ1) is 13.3. The van der Waals surface area contributed by atoms with Crippen LogP contribution in [-0.2, 0) is 6.54 Å². The van der Waals surface area contributed by atoms with Crippen molar-refractivity contribution in [3.05, 3.63) is 47.2 Å². The zero-order valence-electron chi connectivity index (χ0n) is 11.6. The highest BCUT2D eigenvalue weighted by Crippen LogP contribution is 2.16. The smallest absolute Gasteiger partial charge is 0.221 e. The third-order valence-electron chi connectivity index (χ3n) is 3.10. The zero-order chi connectivity index (χ0) is 13.8. The van der Waals surface area contributed by atoms with E-state index in [1.807, 2.05) is 6.92 Å². The van der Waals surface area contributed by atoms with Gasteiger partial charge in [0, 0.05) is 18.3 Å². The van der Waals surface area contributed by atoms with Gasteiger partial charge < -0.3 is 11.1 Å². The number of hydrogen-bond acceptors (Lipinski definition) is 4. The van der Waals surface area contributed by atoms with Crippen LogP contribution >= 0.6 is 0 Å². The number of rotatable bonds is 4. The number of anilines is 2. The molecule has 100 valence electrons. The van der Waals surface area contributed by atoms with E-state index in [1.165, 1.54) is 11.1 Å². The summed E-state index contributed by atoms with van der Waals surface area (Å²) in [6.07, 6.45) is 1.73. The third kappa shape index (κ3) is 3.44. The van der Waals surface area contributed by atoms with Crippen molar-refractivity contribution in [2.24, 2.45) is 0 Å². The number of aryl methyl sites for hydroxylation is 1. The molecule has 1 aromatic carbocycles. The maximum absolute atomic E-state index is 5.59. The summed E-state index contributed by atoms with van der Waals surface area (Å²) in [5, 5.41) is 3.29. The molecule has 0 unspecified atom stereocenters. The number of nitrogens with two attached hydrogens (primary N) is 1. The number of aromatic nitrogens is 2. The number of benzene rings is 1. The molecule has 0 aliphatic heterocycles. The second-order valence-corrected chi connectivity index (χ2v) is 5.01. The van der Waals surface area contributed by atoms with Crippen molar-refractivity contribution < 1.29 is 0 Å². The third-order valence-corrected chi connectivity index (χ3v) is 3.10. The molecular weight excluding hydrogens is 236 g/mol. The molecule has 4 heteroatoms. The second-order valence-electron chi connectivity index (χ2n) is 5.01. The highest BCUT2D eigenvalue weighted by molar-refractivity contribution is 5.45. The van der Waals surface area contributed by atoms with Gasteiger partial charge in [0.1, 0.15) is 5.82 Å². The van der Waals surface area contributed by atoms with Gasteiger partial charge in [-0.25, -0.2) is 4.98 Å². The fourth-order valence-electron chi connectivity index (χ4n) is 1.84. The van der Waals surface area contributed by atoms with Crippen LogP contribution in [0.2, 0.25) is 0 Å². The molecule has 0 aliphatic carbocycles. The maximum atomic E-state index is 5.59. The van der Waals surface area contributed by atoms with Crippen LogP contribution in [0.1, 0.15) is 36.5 Å². The molecule has 0 bridgehead atoms. The predicted octanol–water partition coefficient (Wildman–Crippen LogP) is 3.10. The van der Waals surface area contributed by atoms with Gasteiger partial charge >= 0.3 is 0 Å². The molecule has 0 saturated heterocycles. The fraction of sp³-hybridized carbons (Fsp3) is 0.333. The standard InChI is InChI=1S/C15H20N4/c1-10(2)13-6-4-12(5-7-13)9-17-14-11(3)8-18-15(16)19-14/h4-8,10H,9H2,1-3H3,(H3,16,17,18,19). The van der Waals surface area contributed by atoms with Crippen LogP contribution in [0, 0.1) is 6.92 Å². The van der Waals surface area contributed by atoms with E-state index in [2.05, 4.69) is 53.4 Å². The first-order valence-electron chi connectivity index (χ1n) is 6.48. The van der Waals surface area contributed by atoms with Crippen LogP contribution in [-0.4, -0.2) is 9.97 Å². The Morgan fingerprint density at radius 2 is 1.89 bits per heavy atom. The van der Waals surface area contributed by atoms with Crippen LogP contribution in [0.4, 0.5) is 11.8 Å². The topological polar surface area (TPSA) is 63.8 Å². The SMILES string of the molecule is Cc1cnc(N)nc1NCc1ccc(C(C)C)cc1. The molecule has 0 fully saturated rings. The molecule has 19 heavy (non-hydrogen) atoms. The van der Waals surface area contributed by atoms with Crippen LogP contribution < -0.4 is 11.1 Å². The maximum Gasteiger partial charge on any atom is 0.221 e. The van der Waals surface area contributed by atoms with Crippen LogP contribution in [0.3, 0.4) is 0 Å². The van der Waals surface area contributed by atoms with Crippen LogP contribution in [0.5, 0.6) is 0 Å². The van der Waals surface area contributed by atoms with Crippen molar-refractivity contribution in [1.29, 1.82) is 0 Å². The summed E-state index contributed by atoms with van der Waals surface area (Å²) in [7, 11) is 0. The van der Waals surface area contributed by atoms with Gasteiger partial charge in [0.05, 0.1) is 0 Å². The largest absolute Gasteiger partial charge is 0.368 e. The molecule has 2 rings (SSSR count). The van der Waals surface area contributed by atoms with Crippen LogP contribution in [0.25, 0.3) is 0 Å². The van der Waals surface area contributed by atoms with Crippen LogP contribution in [0.15, 0.2) is 30.5 Å². The summed E-state index contributed by atoms with van der Waals surface area (Å²) in [5.41, 5.74) is 9.16. The lowest BCUT2D eigenvalue weighted by Crippen LogP contribution is -2.06. The van der Waals surface area contributed by atoms with E-state index >= 15 is 0 Å². The van der Waals surface area contributed by atoms with E-state index in [9.17, 15) is 0 Å². The lowest BCUT2D eigenvalue weighted by molar-refractivity contribution is 0.865. The molecule has 0 saturated carbocycles. The van der Waals surface area contributed by atoms with Crippen molar-refractivity contribution in [2.75, 3.05) is 11.1 Å². The minimum atomic E-state index is 0.295. The molecule has 0 radical (unpaired) electrons. The lowest BCUT2D eigenvalue weighted by Gasteiger charge is -2.10. The van der Waals surface area contributed by atoms with Gasteiger partial charge in [-0.2, -0.15) is 4.98 Å². The number of nitrogens with zero attached hydrogens (tertiary/aromatic N) is 2. The van der Waals surface area contributed by atoms with E-state index in [0.717, 1.165) is 17.9 Å². The minimum absolute atomic E-state index is 0.295. The fourth-order valence-corrected chi connectivity index (χ4v) is 1.84. The average Bonchev–Trinajstić information content (AvgIpc) is 2.40. The van der Waals surface area contributed by atoms with Gasteiger partial charge in [0.15, 0.2) is 0 Å². The molecular formula is C15H20N4. The Hall–Kier alpha value is -2.10. The molecule has 1 aromatic heterocycles. The Kier molecular flexibility index (Phi) is 4.00. The quantitative estimate of drug-likeness (QED) is 0.882. The van der Waals surface area contributed by atoms with E-state index in [4.69, 9.17) is 5.73 Å². The summed E-state index contributed by atoms with van der Waals surface area (Å²) >= 11 is 0. The molecule has 2 aromatic rings. The molecule has 4 nitrogen and oxygen atoms in total. The molecule has 1 heterocycles. The van der Waals surface area contributed by atoms with Gasteiger partial charge in [0.2, 0.25) is 5.95 Å². The Morgan fingerprint density at radius 1 is 1.21 bits per heavy atom. The Morgan fingerprint density at radius 3 is 2.53 bits per heavy atom. The predicted molar refractivity (Wildman–Crippen MR) is 79.0 cm³/mol. The van der Waals surface area contributed by atoms with Gasteiger partial charge in [-0.1, -0.05) is 38.1 Å². The summed E-state index contributed by atoms with van der Waals surface area (Å²) < 4.78 is 0. The molecule has 0 atom stereocenters. The van der Waals surface area contributed by atoms with Gasteiger partial charge in [-0.05, 0) is 24.0 Å². The van der Waals surface area contributed by atoms with E-state index in [-0.39, 0.29) is 0 Å². The Labute approximate surface area is 114 Å². The van der Waals surface area contributed by atoms with E-state index in [0.29, 0.717) is 11.9 Å². The van der Waals surface area contributed by atoms with Gasteiger partial charge in [-0.15, -0.1) is 0 Å². The highest BCUT2D eigenvalue weighted by atomic mass is 15.1. The van der Waals surface area contributed by atoms with Crippen molar-refractivity contribution in [3.8, 4) is 0 Å². The molecule has 0 aliphatic rings. The number of nitrogen functional groups attached to an aromatic ring is 1. The molecule has 0 amide bonds. The minimum Gasteiger partial charge on any atom is -0.368 e. The normalized spacial score (nSPS) is 10.7. The molecule has 0 spiro atoms. The van der Waals surface area contributed by atoms with Crippen molar-refractivity contribution in [1.82, 2.24) is 9.97 Å². The summed E-state index contributed by atoms with van der Waals surface area (Å²) in [5.74, 6) is 1.65. The first-order chi connectivity index (χ1) is 9.06. The summed E-state index contributed by atoms with van der Waals surface area (Å²) in [6.45, 7) is 7.08.